The van der Waals surface area contributed by atoms with Gasteiger partial charge in [-0.15, -0.1) is 0 Å². The first-order valence-corrected chi connectivity index (χ1v) is 10.8. The summed E-state index contributed by atoms with van der Waals surface area (Å²) in [5.41, 5.74) is 2.09. The lowest BCUT2D eigenvalue weighted by molar-refractivity contribution is 0.154. The van der Waals surface area contributed by atoms with Crippen molar-refractivity contribution in [1.29, 1.82) is 0 Å². The van der Waals surface area contributed by atoms with Crippen LogP contribution in [0.25, 0.3) is 0 Å². The molecule has 0 spiro atoms. The van der Waals surface area contributed by atoms with Crippen molar-refractivity contribution in [1.82, 2.24) is 14.5 Å². The first kappa shape index (κ1) is 17.7. The van der Waals surface area contributed by atoms with Crippen LogP contribution in [0.3, 0.4) is 0 Å². The van der Waals surface area contributed by atoms with Gasteiger partial charge in [0.2, 0.25) is 10.0 Å². The summed E-state index contributed by atoms with van der Waals surface area (Å²) in [6.07, 6.45) is 8.04. The van der Waals surface area contributed by atoms with E-state index in [1.807, 2.05) is 29.1 Å². The molecule has 1 aromatic heterocycles. The van der Waals surface area contributed by atoms with E-state index in [1.54, 1.807) is 12.3 Å². The molecule has 0 bridgehead atoms. The summed E-state index contributed by atoms with van der Waals surface area (Å²) in [6, 6.07) is 6.96. The molecule has 1 fully saturated rings. The van der Waals surface area contributed by atoms with Crippen LogP contribution in [0.15, 0.2) is 41.6 Å². The van der Waals surface area contributed by atoms with Crippen LogP contribution in [0.1, 0.15) is 36.8 Å². The lowest BCUT2D eigenvalue weighted by Gasteiger charge is -2.22. The minimum atomic E-state index is -3.64. The fourth-order valence-corrected chi connectivity index (χ4v) is 5.92. The zero-order valence-electron chi connectivity index (χ0n) is 14.7. The Morgan fingerprint density at radius 3 is 2.85 bits per heavy atom. The average Bonchev–Trinajstić information content (AvgIpc) is 3.24. The number of aryl methyl sites for hydroxylation is 1. The first-order chi connectivity index (χ1) is 12.5. The van der Waals surface area contributed by atoms with Crippen LogP contribution in [0, 0.1) is 5.92 Å². The molecule has 0 saturated heterocycles. The van der Waals surface area contributed by atoms with Gasteiger partial charge in [0.25, 0.3) is 0 Å². The van der Waals surface area contributed by atoms with Crippen LogP contribution in [-0.2, 0) is 29.4 Å². The molecule has 1 unspecified atom stereocenters. The Hall–Kier alpha value is -1.70. The standard InChI is InChI=1S/C19H25N3O3S/c23-18-12-14(13-22-10-4-9-20-22)11-17(18)21-26(24,25)19-8-3-6-15-5-1-2-7-16(15)19/h3-4,6,8-10,14,17-18,21,23H,1-2,5,7,11-13H2/t14?,17-,18-/m1/s1. The van der Waals surface area contributed by atoms with E-state index >= 15 is 0 Å². The van der Waals surface area contributed by atoms with Gasteiger partial charge < -0.3 is 5.11 Å². The Kier molecular flexibility index (Phi) is 4.86. The molecular weight excluding hydrogens is 350 g/mol. The summed E-state index contributed by atoms with van der Waals surface area (Å²) < 4.78 is 30.6. The number of aliphatic hydroxyl groups is 1. The lowest BCUT2D eigenvalue weighted by Crippen LogP contribution is -2.40. The van der Waals surface area contributed by atoms with Crippen LogP contribution < -0.4 is 4.72 Å². The van der Waals surface area contributed by atoms with Crippen LogP contribution in [0.5, 0.6) is 0 Å². The lowest BCUT2D eigenvalue weighted by atomic mass is 9.92. The summed E-state index contributed by atoms with van der Waals surface area (Å²) in [5, 5.41) is 14.6. The topological polar surface area (TPSA) is 84.2 Å². The van der Waals surface area contributed by atoms with Crippen LogP contribution in [0.4, 0.5) is 0 Å². The smallest absolute Gasteiger partial charge is 0.241 e. The molecule has 0 amide bonds. The van der Waals surface area contributed by atoms with Crippen molar-refractivity contribution in [3.63, 3.8) is 0 Å². The molecule has 140 valence electrons. The Labute approximate surface area is 154 Å². The van der Waals surface area contributed by atoms with Crippen LogP contribution >= 0.6 is 0 Å². The third kappa shape index (κ3) is 3.56. The number of hydrogen-bond donors (Lipinski definition) is 2. The van der Waals surface area contributed by atoms with E-state index in [1.165, 1.54) is 0 Å². The van der Waals surface area contributed by atoms with Crippen molar-refractivity contribution in [3.05, 3.63) is 47.8 Å². The second-order valence-corrected chi connectivity index (χ2v) is 9.14. The van der Waals surface area contributed by atoms with Gasteiger partial charge in [0.1, 0.15) is 0 Å². The molecule has 3 atom stereocenters. The fourth-order valence-electron chi connectivity index (χ4n) is 4.33. The third-order valence-corrected chi connectivity index (χ3v) is 7.15. The van der Waals surface area contributed by atoms with E-state index in [2.05, 4.69) is 9.82 Å². The number of nitrogens with one attached hydrogen (secondary N) is 1. The van der Waals surface area contributed by atoms with Crippen molar-refractivity contribution in [3.8, 4) is 0 Å². The van der Waals surface area contributed by atoms with E-state index < -0.39 is 22.2 Å². The Balaban J connectivity index is 1.50. The van der Waals surface area contributed by atoms with E-state index in [0.717, 1.165) is 36.8 Å². The molecule has 0 radical (unpaired) electrons. The number of fused-ring (bicyclic) bond motifs is 1. The van der Waals surface area contributed by atoms with E-state index in [0.29, 0.717) is 24.3 Å². The highest BCUT2D eigenvalue weighted by atomic mass is 32.2. The first-order valence-electron chi connectivity index (χ1n) is 9.31. The molecule has 2 aliphatic rings. The second kappa shape index (κ2) is 7.13. The molecule has 0 aliphatic heterocycles. The monoisotopic (exact) mass is 375 g/mol. The summed E-state index contributed by atoms with van der Waals surface area (Å²) in [5.74, 6) is 0.210. The summed E-state index contributed by atoms with van der Waals surface area (Å²) in [4.78, 5) is 0.387. The van der Waals surface area contributed by atoms with Crippen molar-refractivity contribution in [2.24, 2.45) is 5.92 Å². The fraction of sp³-hybridized carbons (Fsp3) is 0.526. The summed E-state index contributed by atoms with van der Waals surface area (Å²) in [6.45, 7) is 0.697. The molecular formula is C19H25N3O3S. The minimum Gasteiger partial charge on any atom is -0.391 e. The number of aliphatic hydroxyl groups excluding tert-OH is 1. The highest BCUT2D eigenvalue weighted by Gasteiger charge is 2.36. The number of aromatic nitrogens is 2. The number of benzene rings is 1. The Bertz CT molecular complexity index is 864. The van der Waals surface area contributed by atoms with Crippen molar-refractivity contribution in [2.75, 3.05) is 0 Å². The van der Waals surface area contributed by atoms with Crippen molar-refractivity contribution < 1.29 is 13.5 Å². The van der Waals surface area contributed by atoms with Crippen LogP contribution in [0.2, 0.25) is 0 Å². The molecule has 1 heterocycles. The summed E-state index contributed by atoms with van der Waals surface area (Å²) >= 11 is 0. The molecule has 1 saturated carbocycles. The number of sulfonamides is 1. The Morgan fingerprint density at radius 1 is 1.19 bits per heavy atom. The van der Waals surface area contributed by atoms with Gasteiger partial charge in [0.15, 0.2) is 0 Å². The van der Waals surface area contributed by atoms with Gasteiger partial charge in [-0.3, -0.25) is 4.68 Å². The highest BCUT2D eigenvalue weighted by Crippen LogP contribution is 2.31. The van der Waals surface area contributed by atoms with Gasteiger partial charge in [0, 0.05) is 25.0 Å². The number of nitrogens with zero attached hydrogens (tertiary/aromatic N) is 2. The predicted octanol–water partition coefficient (Wildman–Crippen LogP) is 1.88. The number of hydrogen-bond acceptors (Lipinski definition) is 4. The van der Waals surface area contributed by atoms with Crippen molar-refractivity contribution in [2.45, 2.75) is 62.1 Å². The zero-order chi connectivity index (χ0) is 18.1. The SMILES string of the molecule is O=S(=O)(N[C@@H]1CC(Cn2cccn2)C[C@H]1O)c1cccc2c1CCCC2. The molecule has 2 aliphatic carbocycles. The minimum absolute atomic E-state index is 0.210. The van der Waals surface area contributed by atoms with E-state index in [-0.39, 0.29) is 5.92 Å². The molecule has 1 aromatic carbocycles. The maximum absolute atomic E-state index is 13.0. The molecule has 6 nitrogen and oxygen atoms in total. The largest absolute Gasteiger partial charge is 0.391 e. The third-order valence-electron chi connectivity index (χ3n) is 5.58. The van der Waals surface area contributed by atoms with Crippen LogP contribution in [-0.4, -0.2) is 35.5 Å². The molecule has 4 rings (SSSR count). The van der Waals surface area contributed by atoms with Gasteiger partial charge in [-0.1, -0.05) is 12.1 Å². The van der Waals surface area contributed by atoms with E-state index in [4.69, 9.17) is 0 Å². The maximum Gasteiger partial charge on any atom is 0.241 e. The van der Waals surface area contributed by atoms with E-state index in [9.17, 15) is 13.5 Å². The van der Waals surface area contributed by atoms with Crippen molar-refractivity contribution >= 4 is 10.0 Å². The summed E-state index contributed by atoms with van der Waals surface area (Å²) in [7, 11) is -3.64. The predicted molar refractivity (Wildman–Crippen MR) is 98.2 cm³/mol. The number of rotatable bonds is 5. The van der Waals surface area contributed by atoms with Gasteiger partial charge in [-0.2, -0.15) is 5.10 Å². The van der Waals surface area contributed by atoms with Gasteiger partial charge in [-0.25, -0.2) is 13.1 Å². The molecule has 2 aromatic rings. The molecule has 2 N–H and O–H groups in total. The molecule has 7 heteroatoms. The second-order valence-electron chi connectivity index (χ2n) is 7.46. The van der Waals surface area contributed by atoms with Gasteiger partial charge >= 0.3 is 0 Å². The van der Waals surface area contributed by atoms with Gasteiger partial charge in [0.05, 0.1) is 11.0 Å². The highest BCUT2D eigenvalue weighted by molar-refractivity contribution is 7.89. The maximum atomic E-state index is 13.0. The normalized spacial score (nSPS) is 26.0. The van der Waals surface area contributed by atoms with Gasteiger partial charge in [-0.05, 0) is 67.7 Å². The Morgan fingerprint density at radius 2 is 2.04 bits per heavy atom. The average molecular weight is 375 g/mol. The zero-order valence-corrected chi connectivity index (χ0v) is 15.5. The quantitative estimate of drug-likeness (QED) is 0.836. The molecule has 26 heavy (non-hydrogen) atoms.